The molecule has 0 bridgehead atoms. The van der Waals surface area contributed by atoms with Crippen molar-refractivity contribution in [3.8, 4) is 0 Å². The van der Waals surface area contributed by atoms with E-state index >= 15 is 0 Å². The lowest BCUT2D eigenvalue weighted by Gasteiger charge is -2.45. The van der Waals surface area contributed by atoms with E-state index in [1.807, 2.05) is 37.8 Å². The molecular weight excluding hydrogens is 514 g/mol. The second kappa shape index (κ2) is 8.92. The number of carbonyl (C=O) groups excluding carboxylic acids is 1. The van der Waals surface area contributed by atoms with Crippen LogP contribution in [0.25, 0.3) is 0 Å². The number of rotatable bonds is 5. The monoisotopic (exact) mass is 549 g/mol. The van der Waals surface area contributed by atoms with Crippen molar-refractivity contribution in [2.75, 3.05) is 24.4 Å². The first-order chi connectivity index (χ1) is 18.3. The number of anilines is 1. The van der Waals surface area contributed by atoms with Gasteiger partial charge in [-0.3, -0.25) is 14.8 Å². The zero-order valence-electron chi connectivity index (χ0n) is 23.2. The predicted molar refractivity (Wildman–Crippen MR) is 148 cm³/mol. The minimum Gasteiger partial charge on any atom is -0.375 e. The summed E-state index contributed by atoms with van der Waals surface area (Å²) in [4.78, 5) is 27.5. The maximum absolute atomic E-state index is 13.1. The zero-order valence-corrected chi connectivity index (χ0v) is 24.0. The molecule has 0 radical (unpaired) electrons. The van der Waals surface area contributed by atoms with Crippen LogP contribution in [0.5, 0.6) is 0 Å². The number of aromatic nitrogens is 5. The van der Waals surface area contributed by atoms with Gasteiger partial charge in [0.15, 0.2) is 5.82 Å². The van der Waals surface area contributed by atoms with Crippen LogP contribution in [-0.4, -0.2) is 59.6 Å². The lowest BCUT2D eigenvalue weighted by molar-refractivity contribution is -0.117. The molecule has 3 aromatic heterocycles. The molecule has 2 aliphatic carbocycles. The van der Waals surface area contributed by atoms with Gasteiger partial charge in [-0.2, -0.15) is 9.46 Å². The van der Waals surface area contributed by atoms with Crippen molar-refractivity contribution in [2.45, 2.75) is 56.5 Å². The molecule has 3 aromatic rings. The number of hydrogen-bond acceptors (Lipinski definition) is 8. The number of nitrogens with one attached hydrogen (secondary N) is 1. The van der Waals surface area contributed by atoms with Gasteiger partial charge in [-0.15, -0.1) is 0 Å². The second-order valence-corrected chi connectivity index (χ2v) is 14.9. The fourth-order valence-electron chi connectivity index (χ4n) is 6.27. The number of nitrogens with zero attached hydrogens (tertiary/aromatic N) is 6. The van der Waals surface area contributed by atoms with Crippen LogP contribution in [0.2, 0.25) is 0 Å². The zero-order chi connectivity index (χ0) is 27.7. The molecule has 39 heavy (non-hydrogen) atoms. The average Bonchev–Trinajstić information content (AvgIpc) is 3.47. The molecule has 1 aliphatic heterocycles. The smallest absolute Gasteiger partial charge is 0.230 e. The van der Waals surface area contributed by atoms with E-state index in [1.54, 1.807) is 23.3 Å². The minimum atomic E-state index is -2.36. The summed E-state index contributed by atoms with van der Waals surface area (Å²) in [6.45, 7) is 6.97. The van der Waals surface area contributed by atoms with Gasteiger partial charge in [0.2, 0.25) is 11.9 Å². The van der Waals surface area contributed by atoms with Crippen molar-refractivity contribution in [2.24, 2.45) is 23.2 Å². The van der Waals surface area contributed by atoms with Crippen LogP contribution in [0, 0.1) is 11.8 Å². The molecule has 0 spiro atoms. The number of amides is 1. The number of fused-ring (bicyclic) bond motifs is 3. The third-order valence-electron chi connectivity index (χ3n) is 8.33. The number of pyridine rings is 1. The van der Waals surface area contributed by atoms with Crippen molar-refractivity contribution >= 4 is 27.4 Å². The molecule has 2 fully saturated rings. The summed E-state index contributed by atoms with van der Waals surface area (Å²) in [5.41, 5.74) is 3.16. The Morgan fingerprint density at radius 3 is 2.72 bits per heavy atom. The van der Waals surface area contributed by atoms with Gasteiger partial charge in [0.1, 0.15) is 0 Å². The quantitative estimate of drug-likeness (QED) is 0.511. The Kier molecular flexibility index (Phi) is 5.96. The van der Waals surface area contributed by atoms with E-state index < -0.39 is 9.73 Å². The molecule has 206 valence electrons. The molecule has 1 amide bonds. The van der Waals surface area contributed by atoms with E-state index in [2.05, 4.69) is 40.5 Å². The largest absolute Gasteiger partial charge is 0.375 e. The second-order valence-electron chi connectivity index (χ2n) is 12.3. The Hall–Kier alpha value is -3.18. The Morgan fingerprint density at radius 1 is 1.21 bits per heavy atom. The Morgan fingerprint density at radius 2 is 2.00 bits per heavy atom. The molecule has 1 saturated heterocycles. The highest BCUT2D eigenvalue weighted by Crippen LogP contribution is 2.58. The summed E-state index contributed by atoms with van der Waals surface area (Å²) < 4.78 is 24.8. The summed E-state index contributed by atoms with van der Waals surface area (Å²) >= 11 is 0. The fourth-order valence-corrected chi connectivity index (χ4v) is 6.83. The average molecular weight is 550 g/mol. The molecule has 3 aliphatic rings. The highest BCUT2D eigenvalue weighted by atomic mass is 32.2. The third kappa shape index (κ3) is 4.86. The summed E-state index contributed by atoms with van der Waals surface area (Å²) in [5, 5.41) is 7.20. The first kappa shape index (κ1) is 26.1. The Balaban J connectivity index is 1.35. The first-order valence-electron chi connectivity index (χ1n) is 13.3. The number of aryl methyl sites for hydroxylation is 1. The van der Waals surface area contributed by atoms with E-state index in [-0.39, 0.29) is 40.6 Å². The van der Waals surface area contributed by atoms with Crippen LogP contribution in [0.4, 0.5) is 11.8 Å². The molecule has 0 aromatic carbocycles. The standard InChI is InChI=1S/C28H35N7O3S/c1-27(2)11-19-23(21-8-7-9-22(31-21)34-39(5,6)37)24-20(28(19,3)15-38-27)13-29-26(32-24)33-25(36)18-10-17(18)16-12-30-35(4)14-16/h7-9,12-14,17-19,23H,10-11,15H2,1-6H3,(H,29,32,33,36)/t17-,18+,19-,23?,28-/m0/s1. The molecule has 1 saturated carbocycles. The van der Waals surface area contributed by atoms with Crippen LogP contribution in [0.15, 0.2) is 41.2 Å². The van der Waals surface area contributed by atoms with Crippen molar-refractivity contribution < 1.29 is 13.7 Å². The minimum absolute atomic E-state index is 0.0778. The van der Waals surface area contributed by atoms with E-state index in [9.17, 15) is 9.00 Å². The first-order valence-corrected chi connectivity index (χ1v) is 15.6. The van der Waals surface area contributed by atoms with Gasteiger partial charge in [0.05, 0.1) is 29.8 Å². The highest BCUT2D eigenvalue weighted by molar-refractivity contribution is 7.92. The maximum atomic E-state index is 13.1. The van der Waals surface area contributed by atoms with Gasteiger partial charge in [0.25, 0.3) is 0 Å². The number of hydrogen-bond donors (Lipinski definition) is 1. The van der Waals surface area contributed by atoms with Crippen LogP contribution in [0.1, 0.15) is 68.0 Å². The molecule has 5 atom stereocenters. The van der Waals surface area contributed by atoms with E-state index in [0.717, 1.165) is 35.4 Å². The lowest BCUT2D eigenvalue weighted by atomic mass is 9.68. The third-order valence-corrected chi connectivity index (χ3v) is 8.95. The molecule has 1 N–H and O–H groups in total. The van der Waals surface area contributed by atoms with Crippen LogP contribution >= 0.6 is 0 Å². The summed E-state index contributed by atoms with van der Waals surface area (Å²) in [5.74, 6) is 0.738. The topological polar surface area (TPSA) is 124 Å². The highest BCUT2D eigenvalue weighted by Gasteiger charge is 2.56. The Bertz CT molecular complexity index is 1580. The summed E-state index contributed by atoms with van der Waals surface area (Å²) in [6, 6.07) is 5.67. The molecule has 1 unspecified atom stereocenters. The van der Waals surface area contributed by atoms with E-state index in [1.165, 1.54) is 0 Å². The van der Waals surface area contributed by atoms with E-state index in [4.69, 9.17) is 14.7 Å². The van der Waals surface area contributed by atoms with Crippen LogP contribution < -0.4 is 5.32 Å². The van der Waals surface area contributed by atoms with E-state index in [0.29, 0.717) is 18.4 Å². The summed E-state index contributed by atoms with van der Waals surface area (Å²) in [7, 11) is -0.487. The molecule has 11 heteroatoms. The fraction of sp³-hybridized carbons (Fsp3) is 0.536. The lowest BCUT2D eigenvalue weighted by Crippen LogP contribution is -2.47. The van der Waals surface area contributed by atoms with Crippen LogP contribution in [0.3, 0.4) is 0 Å². The van der Waals surface area contributed by atoms with Crippen molar-refractivity contribution in [1.29, 1.82) is 0 Å². The van der Waals surface area contributed by atoms with Crippen molar-refractivity contribution in [3.63, 3.8) is 0 Å². The van der Waals surface area contributed by atoms with Gasteiger partial charge in [0, 0.05) is 64.5 Å². The Labute approximate surface area is 229 Å². The van der Waals surface area contributed by atoms with Gasteiger partial charge < -0.3 is 4.74 Å². The van der Waals surface area contributed by atoms with Gasteiger partial charge in [-0.05, 0) is 56.2 Å². The molecule has 4 heterocycles. The normalized spacial score (nSPS) is 28.9. The molecule has 6 rings (SSSR count). The van der Waals surface area contributed by atoms with Gasteiger partial charge >= 0.3 is 0 Å². The van der Waals surface area contributed by atoms with Gasteiger partial charge in [-0.1, -0.05) is 13.0 Å². The number of ether oxygens (including phenoxy) is 1. The maximum Gasteiger partial charge on any atom is 0.230 e. The van der Waals surface area contributed by atoms with Crippen molar-refractivity contribution in [3.05, 3.63) is 59.3 Å². The summed E-state index contributed by atoms with van der Waals surface area (Å²) in [6.07, 6.45) is 10.4. The van der Waals surface area contributed by atoms with Crippen molar-refractivity contribution in [1.82, 2.24) is 24.7 Å². The predicted octanol–water partition coefficient (Wildman–Crippen LogP) is 3.92. The SMILES string of the molecule is Cn1cc([C@@H]2C[C@H]2C(=O)Nc2ncc3c(n2)C(c2cccc(N=S(C)(C)=O)n2)[C@@H]2CC(C)(C)OC[C@]32C)cn1. The van der Waals surface area contributed by atoms with Crippen LogP contribution in [-0.2, 0) is 31.7 Å². The van der Waals surface area contributed by atoms with Gasteiger partial charge in [-0.25, -0.2) is 19.2 Å². The molecule has 10 nitrogen and oxygen atoms in total. The molecular formula is C28H35N7O3S. The number of carbonyl (C=O) groups is 1.